The van der Waals surface area contributed by atoms with Crippen molar-refractivity contribution in [2.24, 2.45) is 5.92 Å². The van der Waals surface area contributed by atoms with E-state index in [0.29, 0.717) is 11.7 Å². The van der Waals surface area contributed by atoms with E-state index in [0.717, 1.165) is 0 Å². The highest BCUT2D eigenvalue weighted by Gasteiger charge is 2.25. The average Bonchev–Trinajstić information content (AvgIpc) is 1.90. The fraction of sp³-hybridized carbons (Fsp3) is 1.00. The van der Waals surface area contributed by atoms with Gasteiger partial charge in [-0.15, -0.1) is 0 Å². The summed E-state index contributed by atoms with van der Waals surface area (Å²) in [6.07, 6.45) is 0. The van der Waals surface area contributed by atoms with Gasteiger partial charge in [-0.25, -0.2) is 0 Å². The van der Waals surface area contributed by atoms with Crippen LogP contribution in [-0.4, -0.2) is 21.3 Å². The molecule has 0 heterocycles. The zero-order chi connectivity index (χ0) is 8.15. The van der Waals surface area contributed by atoms with Crippen LogP contribution in [0.3, 0.4) is 0 Å². The van der Waals surface area contributed by atoms with Crippen LogP contribution in [0.4, 0.5) is 0 Å². The summed E-state index contributed by atoms with van der Waals surface area (Å²) in [5.74, 6) is 1.06. The Morgan fingerprint density at radius 1 is 1.00 bits per heavy atom. The lowest BCUT2D eigenvalue weighted by Crippen LogP contribution is -2.27. The summed E-state index contributed by atoms with van der Waals surface area (Å²) in [4.78, 5) is 0. The van der Waals surface area contributed by atoms with Crippen LogP contribution >= 0.6 is 0 Å². The van der Waals surface area contributed by atoms with Crippen molar-refractivity contribution in [2.75, 3.05) is 14.2 Å². The molecule has 0 rings (SSSR count). The molecule has 0 unspecified atom stereocenters. The van der Waals surface area contributed by atoms with Gasteiger partial charge >= 0.3 is 7.12 Å². The Bertz CT molecular complexity index is 81.7. The molecule has 2 nitrogen and oxygen atoms in total. The summed E-state index contributed by atoms with van der Waals surface area (Å²) >= 11 is 0. The first-order valence-electron chi connectivity index (χ1n) is 3.69. The molecule has 3 heteroatoms. The molecule has 0 saturated heterocycles. The minimum Gasteiger partial charge on any atom is -0.414 e. The Morgan fingerprint density at radius 3 is 1.50 bits per heavy atom. The van der Waals surface area contributed by atoms with Gasteiger partial charge in [-0.1, -0.05) is 20.8 Å². The van der Waals surface area contributed by atoms with Gasteiger partial charge < -0.3 is 9.31 Å². The predicted molar refractivity (Wildman–Crippen MR) is 44.0 cm³/mol. The SMILES string of the molecule is COB(OC)[C@@H](C)C(C)C. The lowest BCUT2D eigenvalue weighted by molar-refractivity contribution is 0.257. The standard InChI is InChI=1S/C7H17BO2/c1-6(2)7(3)8(9-4)10-5/h6-7H,1-5H3/t7-/m0/s1. The van der Waals surface area contributed by atoms with E-state index in [9.17, 15) is 0 Å². The van der Waals surface area contributed by atoms with Crippen molar-refractivity contribution in [2.45, 2.75) is 26.6 Å². The molecule has 0 aromatic rings. The van der Waals surface area contributed by atoms with Crippen molar-refractivity contribution in [1.82, 2.24) is 0 Å². The molecule has 0 aliphatic heterocycles. The van der Waals surface area contributed by atoms with Crippen molar-refractivity contribution < 1.29 is 9.31 Å². The summed E-state index contributed by atoms with van der Waals surface area (Å²) in [5, 5.41) is 0. The lowest BCUT2D eigenvalue weighted by Gasteiger charge is -2.19. The summed E-state index contributed by atoms with van der Waals surface area (Å²) in [5.41, 5.74) is 0. The maximum atomic E-state index is 5.10. The van der Waals surface area contributed by atoms with Gasteiger partial charge in [0.05, 0.1) is 0 Å². The molecule has 0 N–H and O–H groups in total. The molecule has 0 saturated carbocycles. The van der Waals surface area contributed by atoms with Crippen LogP contribution < -0.4 is 0 Å². The molecule has 0 aromatic carbocycles. The largest absolute Gasteiger partial charge is 0.459 e. The van der Waals surface area contributed by atoms with Crippen LogP contribution in [0.25, 0.3) is 0 Å². The maximum Gasteiger partial charge on any atom is 0.459 e. The van der Waals surface area contributed by atoms with Crippen LogP contribution in [0.1, 0.15) is 20.8 Å². The van der Waals surface area contributed by atoms with E-state index in [-0.39, 0.29) is 7.12 Å². The van der Waals surface area contributed by atoms with E-state index < -0.39 is 0 Å². The smallest absolute Gasteiger partial charge is 0.414 e. The Hall–Kier alpha value is -0.0151. The first-order valence-corrected chi connectivity index (χ1v) is 3.69. The summed E-state index contributed by atoms with van der Waals surface area (Å²) in [7, 11) is 3.29. The molecule has 10 heavy (non-hydrogen) atoms. The van der Waals surface area contributed by atoms with E-state index in [4.69, 9.17) is 9.31 Å². The molecule has 0 aliphatic rings. The van der Waals surface area contributed by atoms with E-state index in [1.165, 1.54) is 0 Å². The Morgan fingerprint density at radius 2 is 1.40 bits per heavy atom. The van der Waals surface area contributed by atoms with Crippen LogP contribution in [0.15, 0.2) is 0 Å². The molecule has 0 spiro atoms. The fourth-order valence-corrected chi connectivity index (χ4v) is 0.840. The molecule has 0 fully saturated rings. The van der Waals surface area contributed by atoms with Gasteiger partial charge in [0.15, 0.2) is 0 Å². The molecular weight excluding hydrogens is 127 g/mol. The monoisotopic (exact) mass is 144 g/mol. The van der Waals surface area contributed by atoms with E-state index >= 15 is 0 Å². The van der Waals surface area contributed by atoms with Gasteiger partial charge in [0, 0.05) is 14.2 Å². The Labute approximate surface area is 64.0 Å². The molecule has 0 aromatic heterocycles. The minimum absolute atomic E-state index is 0.0556. The highest BCUT2D eigenvalue weighted by atomic mass is 16.6. The molecule has 60 valence electrons. The van der Waals surface area contributed by atoms with E-state index in [2.05, 4.69) is 20.8 Å². The Balaban J connectivity index is 3.76. The summed E-state index contributed by atoms with van der Waals surface area (Å²) in [6, 6.07) is 0. The predicted octanol–water partition coefficient (Wildman–Crippen LogP) is 1.81. The van der Waals surface area contributed by atoms with Gasteiger partial charge in [0.1, 0.15) is 0 Å². The van der Waals surface area contributed by atoms with Crippen LogP contribution in [0, 0.1) is 5.92 Å². The van der Waals surface area contributed by atoms with Gasteiger partial charge in [0.25, 0.3) is 0 Å². The Kier molecular flexibility index (Phi) is 4.74. The third-order valence-corrected chi connectivity index (χ3v) is 1.95. The topological polar surface area (TPSA) is 18.5 Å². The second kappa shape index (κ2) is 4.75. The summed E-state index contributed by atoms with van der Waals surface area (Å²) < 4.78 is 10.2. The van der Waals surface area contributed by atoms with Gasteiger partial charge in [0.2, 0.25) is 0 Å². The van der Waals surface area contributed by atoms with Gasteiger partial charge in [-0.05, 0) is 11.7 Å². The first-order chi connectivity index (χ1) is 4.63. The molecule has 1 atom stereocenters. The van der Waals surface area contributed by atoms with Crippen LogP contribution in [-0.2, 0) is 9.31 Å². The summed E-state index contributed by atoms with van der Waals surface area (Å²) in [6.45, 7) is 6.45. The molecule has 0 aliphatic carbocycles. The van der Waals surface area contributed by atoms with Crippen LogP contribution in [0.2, 0.25) is 5.82 Å². The van der Waals surface area contributed by atoms with Crippen molar-refractivity contribution in [3.05, 3.63) is 0 Å². The van der Waals surface area contributed by atoms with E-state index in [1.54, 1.807) is 14.2 Å². The van der Waals surface area contributed by atoms with Crippen molar-refractivity contribution in [1.29, 1.82) is 0 Å². The third-order valence-electron chi connectivity index (χ3n) is 1.95. The third kappa shape index (κ3) is 2.71. The first kappa shape index (κ1) is 9.98. The normalized spacial score (nSPS) is 13.8. The highest BCUT2D eigenvalue weighted by Crippen LogP contribution is 2.20. The van der Waals surface area contributed by atoms with Crippen molar-refractivity contribution in [3.8, 4) is 0 Å². The van der Waals surface area contributed by atoms with Crippen LogP contribution in [0.5, 0.6) is 0 Å². The highest BCUT2D eigenvalue weighted by molar-refractivity contribution is 6.46. The van der Waals surface area contributed by atoms with Gasteiger partial charge in [-0.3, -0.25) is 0 Å². The molecule has 0 amide bonds. The fourth-order valence-electron chi connectivity index (χ4n) is 0.840. The quantitative estimate of drug-likeness (QED) is 0.560. The molecular formula is C7H17BO2. The van der Waals surface area contributed by atoms with E-state index in [1.807, 2.05) is 0 Å². The lowest BCUT2D eigenvalue weighted by atomic mass is 9.67. The number of rotatable bonds is 4. The molecule has 0 radical (unpaired) electrons. The van der Waals surface area contributed by atoms with Crippen molar-refractivity contribution >= 4 is 7.12 Å². The zero-order valence-corrected chi connectivity index (χ0v) is 7.55. The maximum absolute atomic E-state index is 5.10. The molecule has 0 bridgehead atoms. The minimum atomic E-state index is -0.0556. The van der Waals surface area contributed by atoms with Gasteiger partial charge in [-0.2, -0.15) is 0 Å². The van der Waals surface area contributed by atoms with Crippen molar-refractivity contribution in [3.63, 3.8) is 0 Å². The number of hydrogen-bond acceptors (Lipinski definition) is 2. The average molecular weight is 144 g/mol. The number of hydrogen-bond donors (Lipinski definition) is 0. The second-order valence-electron chi connectivity index (χ2n) is 2.94. The second-order valence-corrected chi connectivity index (χ2v) is 2.94. The zero-order valence-electron chi connectivity index (χ0n) is 7.55.